The Balaban J connectivity index is 1.36. The van der Waals surface area contributed by atoms with Gasteiger partial charge in [0.2, 0.25) is 11.3 Å². The Hall–Kier alpha value is -1.96. The number of nitrogens with zero attached hydrogens (tertiary/aromatic N) is 6. The van der Waals surface area contributed by atoms with Crippen molar-refractivity contribution in [3.05, 3.63) is 0 Å². The van der Waals surface area contributed by atoms with E-state index in [0.717, 1.165) is 43.9 Å². The van der Waals surface area contributed by atoms with Gasteiger partial charge in [0.1, 0.15) is 0 Å². The van der Waals surface area contributed by atoms with E-state index in [1.54, 1.807) is 0 Å². The molecule has 2 aromatic heterocycles. The molecule has 8 nitrogen and oxygen atoms in total. The predicted octanol–water partition coefficient (Wildman–Crippen LogP) is 2.43. The maximum absolute atomic E-state index is 4.84. The van der Waals surface area contributed by atoms with Crippen LogP contribution < -0.4 is 10.2 Å². The van der Waals surface area contributed by atoms with Gasteiger partial charge in [0.25, 0.3) is 0 Å². The number of anilines is 2. The molecule has 0 unspecified atom stereocenters. The van der Waals surface area contributed by atoms with Gasteiger partial charge in [-0.05, 0) is 36.0 Å². The molecular weight excluding hydrogens is 330 g/mol. The highest BCUT2D eigenvalue weighted by Crippen LogP contribution is 2.30. The highest BCUT2D eigenvalue weighted by Gasteiger charge is 2.29. The van der Waals surface area contributed by atoms with E-state index >= 15 is 0 Å². The van der Waals surface area contributed by atoms with Crippen LogP contribution in [0, 0.1) is 0 Å². The summed E-state index contributed by atoms with van der Waals surface area (Å²) in [5, 5.41) is 11.4. The normalized spacial score (nSPS) is 23.3. The lowest BCUT2D eigenvalue weighted by Gasteiger charge is -2.39. The van der Waals surface area contributed by atoms with E-state index in [-0.39, 0.29) is 0 Å². The molecule has 0 bridgehead atoms. The maximum Gasteiger partial charge on any atom is 0.245 e. The van der Waals surface area contributed by atoms with E-state index in [2.05, 4.69) is 30.4 Å². The van der Waals surface area contributed by atoms with Crippen LogP contribution in [0.3, 0.4) is 0 Å². The summed E-state index contributed by atoms with van der Waals surface area (Å²) in [4.78, 5) is 14.4. The van der Waals surface area contributed by atoms with Crippen LogP contribution in [0.2, 0.25) is 0 Å². The lowest BCUT2D eigenvalue weighted by atomic mass is 10.2. The number of rotatable bonds is 4. The van der Waals surface area contributed by atoms with Gasteiger partial charge in [-0.15, -0.1) is 0 Å². The molecule has 5 rings (SSSR count). The predicted molar refractivity (Wildman–Crippen MR) is 99.3 cm³/mol. The molecule has 3 fully saturated rings. The standard InChI is InChI=1S/C18H27N7O/c1-2-6-13(5-1)19-17-18(21-16-15(20-17)22-26-23-16)25-11-9-24(10-12-25)14-7-3-4-8-14/h13-14H,1-12H2,(H,19,20,22). The largest absolute Gasteiger partial charge is 0.364 e. The summed E-state index contributed by atoms with van der Waals surface area (Å²) in [7, 11) is 0. The second kappa shape index (κ2) is 6.98. The van der Waals surface area contributed by atoms with Crippen molar-refractivity contribution in [3.63, 3.8) is 0 Å². The summed E-state index contributed by atoms with van der Waals surface area (Å²) < 4.78 is 4.84. The molecule has 0 spiro atoms. The van der Waals surface area contributed by atoms with Crippen molar-refractivity contribution < 1.29 is 4.63 Å². The van der Waals surface area contributed by atoms with E-state index < -0.39 is 0 Å². The summed E-state index contributed by atoms with van der Waals surface area (Å²) in [6.07, 6.45) is 10.5. The molecule has 2 aliphatic carbocycles. The molecule has 2 aromatic rings. The number of fused-ring (bicyclic) bond motifs is 1. The van der Waals surface area contributed by atoms with Gasteiger partial charge < -0.3 is 10.2 Å². The Morgan fingerprint density at radius 1 is 0.808 bits per heavy atom. The van der Waals surface area contributed by atoms with Gasteiger partial charge in [0.15, 0.2) is 11.6 Å². The number of hydrogen-bond donors (Lipinski definition) is 1. The van der Waals surface area contributed by atoms with Crippen LogP contribution in [-0.2, 0) is 0 Å². The minimum atomic E-state index is 0.485. The molecule has 1 aliphatic heterocycles. The Bertz CT molecular complexity index is 743. The molecule has 140 valence electrons. The second-order valence-corrected chi connectivity index (χ2v) is 7.89. The lowest BCUT2D eigenvalue weighted by molar-refractivity contribution is 0.187. The Morgan fingerprint density at radius 2 is 1.46 bits per heavy atom. The molecule has 26 heavy (non-hydrogen) atoms. The summed E-state index contributed by atoms with van der Waals surface area (Å²) >= 11 is 0. The Labute approximate surface area is 153 Å². The number of hydrogen-bond acceptors (Lipinski definition) is 8. The van der Waals surface area contributed by atoms with Gasteiger partial charge in [0, 0.05) is 38.3 Å². The molecule has 0 aromatic carbocycles. The molecule has 8 heteroatoms. The van der Waals surface area contributed by atoms with Crippen molar-refractivity contribution in [2.75, 3.05) is 36.4 Å². The van der Waals surface area contributed by atoms with Gasteiger partial charge >= 0.3 is 0 Å². The van der Waals surface area contributed by atoms with Gasteiger partial charge in [-0.3, -0.25) is 4.90 Å². The first-order valence-corrected chi connectivity index (χ1v) is 10.1. The van der Waals surface area contributed by atoms with Gasteiger partial charge in [-0.2, -0.15) is 0 Å². The Kier molecular flexibility index (Phi) is 4.36. The number of aromatic nitrogens is 4. The smallest absolute Gasteiger partial charge is 0.245 e. The average molecular weight is 357 g/mol. The van der Waals surface area contributed by atoms with E-state index in [1.807, 2.05) is 0 Å². The van der Waals surface area contributed by atoms with Crippen LogP contribution in [-0.4, -0.2) is 63.4 Å². The fraction of sp³-hybridized carbons (Fsp3) is 0.778. The van der Waals surface area contributed by atoms with Crippen molar-refractivity contribution in [1.29, 1.82) is 0 Å². The highest BCUT2D eigenvalue weighted by atomic mass is 16.6. The summed E-state index contributed by atoms with van der Waals surface area (Å²) in [5.74, 6) is 1.75. The third-order valence-electron chi connectivity index (χ3n) is 6.25. The van der Waals surface area contributed by atoms with Crippen LogP contribution in [0.1, 0.15) is 51.4 Å². The first-order chi connectivity index (χ1) is 12.9. The minimum absolute atomic E-state index is 0.485. The average Bonchev–Trinajstić information content (AvgIpc) is 3.43. The van der Waals surface area contributed by atoms with Crippen molar-refractivity contribution >= 4 is 22.9 Å². The highest BCUT2D eigenvalue weighted by molar-refractivity contribution is 5.74. The number of piperazine rings is 1. The van der Waals surface area contributed by atoms with E-state index in [0.29, 0.717) is 17.3 Å². The molecule has 1 saturated heterocycles. The fourth-order valence-electron chi connectivity index (χ4n) is 4.78. The number of nitrogens with one attached hydrogen (secondary N) is 1. The van der Waals surface area contributed by atoms with Gasteiger partial charge in [-0.1, -0.05) is 25.7 Å². The SMILES string of the molecule is C1CCC(Nc2nc3nonc3nc2N2CCN(C3CCCC3)CC2)C1. The monoisotopic (exact) mass is 357 g/mol. The van der Waals surface area contributed by atoms with Crippen molar-refractivity contribution in [2.45, 2.75) is 63.5 Å². The minimum Gasteiger partial charge on any atom is -0.364 e. The maximum atomic E-state index is 4.84. The van der Waals surface area contributed by atoms with E-state index in [4.69, 9.17) is 9.61 Å². The zero-order valence-corrected chi connectivity index (χ0v) is 15.2. The van der Waals surface area contributed by atoms with Crippen molar-refractivity contribution in [2.24, 2.45) is 0 Å². The molecule has 0 atom stereocenters. The Morgan fingerprint density at radius 3 is 2.19 bits per heavy atom. The van der Waals surface area contributed by atoms with Crippen LogP contribution in [0.4, 0.5) is 11.6 Å². The first-order valence-electron chi connectivity index (χ1n) is 10.1. The van der Waals surface area contributed by atoms with Crippen LogP contribution >= 0.6 is 0 Å². The third kappa shape index (κ3) is 3.11. The lowest BCUT2D eigenvalue weighted by Crippen LogP contribution is -2.50. The zero-order valence-electron chi connectivity index (χ0n) is 15.2. The quantitative estimate of drug-likeness (QED) is 0.893. The van der Waals surface area contributed by atoms with Crippen molar-refractivity contribution in [3.8, 4) is 0 Å². The molecule has 1 N–H and O–H groups in total. The van der Waals surface area contributed by atoms with Crippen LogP contribution in [0.15, 0.2) is 4.63 Å². The van der Waals surface area contributed by atoms with Gasteiger partial charge in [0.05, 0.1) is 0 Å². The molecule has 0 amide bonds. The molecular formula is C18H27N7O. The van der Waals surface area contributed by atoms with Crippen LogP contribution in [0.5, 0.6) is 0 Å². The third-order valence-corrected chi connectivity index (χ3v) is 6.25. The molecule has 3 heterocycles. The van der Waals surface area contributed by atoms with Gasteiger partial charge in [-0.25, -0.2) is 14.6 Å². The summed E-state index contributed by atoms with van der Waals surface area (Å²) in [5.41, 5.74) is 0.981. The summed E-state index contributed by atoms with van der Waals surface area (Å²) in [6.45, 7) is 4.18. The first kappa shape index (κ1) is 16.2. The second-order valence-electron chi connectivity index (χ2n) is 7.89. The summed E-state index contributed by atoms with van der Waals surface area (Å²) in [6, 6.07) is 1.28. The van der Waals surface area contributed by atoms with Crippen LogP contribution in [0.25, 0.3) is 11.3 Å². The van der Waals surface area contributed by atoms with Crippen molar-refractivity contribution in [1.82, 2.24) is 25.2 Å². The zero-order chi connectivity index (χ0) is 17.3. The topological polar surface area (TPSA) is 83.2 Å². The molecule has 2 saturated carbocycles. The van der Waals surface area contributed by atoms with E-state index in [1.165, 1.54) is 51.4 Å². The molecule has 3 aliphatic rings. The molecule has 0 radical (unpaired) electrons. The fourth-order valence-corrected chi connectivity index (χ4v) is 4.78. The van der Waals surface area contributed by atoms with E-state index in [9.17, 15) is 0 Å².